The topological polar surface area (TPSA) is 40.5 Å². The second kappa shape index (κ2) is 4.63. The molecule has 1 unspecified atom stereocenters. The first kappa shape index (κ1) is 12.0. The average molecular weight is 220 g/mol. The average Bonchev–Trinajstić information content (AvgIpc) is 2.16. The third kappa shape index (κ3) is 3.53. The van der Waals surface area contributed by atoms with E-state index >= 15 is 0 Å². The third-order valence-corrected chi connectivity index (χ3v) is 1.98. The number of hydrogen-bond acceptors (Lipinski definition) is 2. The Morgan fingerprint density at radius 3 is 2.33 bits per heavy atom. The Kier molecular flexibility index (Phi) is 3.71. The van der Waals surface area contributed by atoms with Crippen LogP contribution in [0.25, 0.3) is 0 Å². The molecule has 0 radical (unpaired) electrons. The maximum atomic E-state index is 12.0. The summed E-state index contributed by atoms with van der Waals surface area (Å²) in [5.41, 5.74) is 0.883. The van der Waals surface area contributed by atoms with E-state index in [4.69, 9.17) is 10.2 Å². The number of alkyl halides is 3. The first-order valence-corrected chi connectivity index (χ1v) is 4.37. The molecule has 1 aromatic carbocycles. The second-order valence-corrected chi connectivity index (χ2v) is 3.24. The van der Waals surface area contributed by atoms with Crippen molar-refractivity contribution in [1.29, 1.82) is 0 Å². The lowest BCUT2D eigenvalue weighted by Crippen LogP contribution is -2.30. The van der Waals surface area contributed by atoms with Gasteiger partial charge in [-0.2, -0.15) is 13.2 Å². The first-order chi connectivity index (χ1) is 6.93. The molecule has 0 heterocycles. The van der Waals surface area contributed by atoms with Crippen LogP contribution in [0, 0.1) is 0 Å². The fraction of sp³-hybridized carbons (Fsp3) is 0.400. The molecule has 1 rings (SSSR count). The number of halogens is 3. The molecule has 0 saturated carbocycles. The van der Waals surface area contributed by atoms with Gasteiger partial charge in [-0.1, -0.05) is 24.3 Å². The lowest BCUT2D eigenvalue weighted by molar-refractivity contribution is -0.203. The van der Waals surface area contributed by atoms with E-state index < -0.39 is 18.7 Å². The number of aliphatic hydroxyl groups excluding tert-OH is 2. The van der Waals surface area contributed by atoms with Crippen LogP contribution in [0.1, 0.15) is 11.1 Å². The van der Waals surface area contributed by atoms with Crippen LogP contribution in [0.15, 0.2) is 24.3 Å². The molecule has 84 valence electrons. The quantitative estimate of drug-likeness (QED) is 0.813. The lowest BCUT2D eigenvalue weighted by Gasteiger charge is -2.14. The van der Waals surface area contributed by atoms with Gasteiger partial charge >= 0.3 is 6.18 Å². The van der Waals surface area contributed by atoms with Gasteiger partial charge in [0.25, 0.3) is 0 Å². The van der Waals surface area contributed by atoms with E-state index in [-0.39, 0.29) is 6.61 Å². The highest BCUT2D eigenvalue weighted by Crippen LogP contribution is 2.23. The van der Waals surface area contributed by atoms with Crippen LogP contribution >= 0.6 is 0 Å². The Labute approximate surface area is 85.0 Å². The lowest BCUT2D eigenvalue weighted by atomic mass is 10.1. The van der Waals surface area contributed by atoms with Gasteiger partial charge in [0.1, 0.15) is 0 Å². The smallest absolute Gasteiger partial charge is 0.392 e. The third-order valence-electron chi connectivity index (χ3n) is 1.98. The molecule has 0 bridgehead atoms. The summed E-state index contributed by atoms with van der Waals surface area (Å²) in [5, 5.41) is 17.6. The van der Waals surface area contributed by atoms with E-state index in [0.29, 0.717) is 11.1 Å². The Hall–Kier alpha value is -1.07. The molecule has 2 nitrogen and oxygen atoms in total. The van der Waals surface area contributed by atoms with Crippen molar-refractivity contribution < 1.29 is 23.4 Å². The van der Waals surface area contributed by atoms with E-state index in [2.05, 4.69) is 0 Å². The van der Waals surface area contributed by atoms with E-state index in [1.165, 1.54) is 12.1 Å². The molecule has 0 saturated heterocycles. The molecule has 0 aromatic heterocycles. The number of hydrogen-bond donors (Lipinski definition) is 2. The monoisotopic (exact) mass is 220 g/mol. The summed E-state index contributed by atoms with van der Waals surface area (Å²) in [6, 6.07) is 6.07. The minimum absolute atomic E-state index is 0.226. The van der Waals surface area contributed by atoms with Gasteiger partial charge < -0.3 is 10.2 Å². The summed E-state index contributed by atoms with van der Waals surface area (Å²) in [6.45, 7) is -0.226. The molecular weight excluding hydrogens is 209 g/mol. The molecule has 15 heavy (non-hydrogen) atoms. The fourth-order valence-corrected chi connectivity index (χ4v) is 1.19. The molecule has 5 heteroatoms. The van der Waals surface area contributed by atoms with Crippen LogP contribution in [0.2, 0.25) is 0 Å². The summed E-state index contributed by atoms with van der Waals surface area (Å²) in [7, 11) is 0. The minimum Gasteiger partial charge on any atom is -0.392 e. The summed E-state index contributed by atoms with van der Waals surface area (Å²) < 4.78 is 36.1. The van der Waals surface area contributed by atoms with E-state index in [0.717, 1.165) is 0 Å². The highest BCUT2D eigenvalue weighted by molar-refractivity contribution is 5.23. The predicted molar refractivity (Wildman–Crippen MR) is 48.1 cm³/mol. The maximum Gasteiger partial charge on any atom is 0.414 e. The summed E-state index contributed by atoms with van der Waals surface area (Å²) in [4.78, 5) is 0. The Morgan fingerprint density at radius 2 is 1.80 bits per heavy atom. The summed E-state index contributed by atoms with van der Waals surface area (Å²) >= 11 is 0. The maximum absolute atomic E-state index is 12.0. The van der Waals surface area contributed by atoms with Gasteiger partial charge in [-0.15, -0.1) is 0 Å². The summed E-state index contributed by atoms with van der Waals surface area (Å²) in [5.74, 6) is 0. The van der Waals surface area contributed by atoms with Crippen molar-refractivity contribution in [3.05, 3.63) is 35.4 Å². The number of benzene rings is 1. The van der Waals surface area contributed by atoms with Crippen LogP contribution in [0.3, 0.4) is 0 Å². The normalized spacial score (nSPS) is 13.9. The van der Waals surface area contributed by atoms with Gasteiger partial charge in [-0.25, -0.2) is 0 Å². The van der Waals surface area contributed by atoms with Crippen molar-refractivity contribution in [2.75, 3.05) is 0 Å². The van der Waals surface area contributed by atoms with Gasteiger partial charge in [0.2, 0.25) is 0 Å². The van der Waals surface area contributed by atoms with Crippen LogP contribution in [0.5, 0.6) is 0 Å². The molecule has 1 aromatic rings. The Bertz CT molecular complexity index is 323. The number of rotatable bonds is 3. The molecule has 2 N–H and O–H groups in total. The molecule has 0 spiro atoms. The zero-order valence-corrected chi connectivity index (χ0v) is 7.83. The van der Waals surface area contributed by atoms with Crippen LogP contribution in [0.4, 0.5) is 13.2 Å². The second-order valence-electron chi connectivity index (χ2n) is 3.24. The zero-order chi connectivity index (χ0) is 11.5. The van der Waals surface area contributed by atoms with Gasteiger partial charge in [-0.3, -0.25) is 0 Å². The van der Waals surface area contributed by atoms with Crippen molar-refractivity contribution in [3.63, 3.8) is 0 Å². The van der Waals surface area contributed by atoms with Crippen LogP contribution in [-0.2, 0) is 13.0 Å². The van der Waals surface area contributed by atoms with Crippen molar-refractivity contribution in [2.45, 2.75) is 25.3 Å². The largest absolute Gasteiger partial charge is 0.414 e. The molecule has 1 atom stereocenters. The van der Waals surface area contributed by atoms with Crippen molar-refractivity contribution in [3.8, 4) is 0 Å². The Balaban J connectivity index is 2.72. The SMILES string of the molecule is OCc1cccc(CC(O)C(F)(F)F)c1. The van der Waals surface area contributed by atoms with Gasteiger partial charge in [-0.05, 0) is 11.1 Å². The first-order valence-electron chi connectivity index (χ1n) is 4.37. The number of aliphatic hydroxyl groups is 2. The van der Waals surface area contributed by atoms with E-state index in [1.54, 1.807) is 12.1 Å². The van der Waals surface area contributed by atoms with Gasteiger partial charge in [0, 0.05) is 6.42 Å². The highest BCUT2D eigenvalue weighted by atomic mass is 19.4. The molecule has 0 fully saturated rings. The molecule has 0 amide bonds. The fourth-order valence-electron chi connectivity index (χ4n) is 1.19. The van der Waals surface area contributed by atoms with Crippen molar-refractivity contribution in [2.24, 2.45) is 0 Å². The van der Waals surface area contributed by atoms with Gasteiger partial charge in [0.15, 0.2) is 6.10 Å². The standard InChI is InChI=1S/C10H11F3O2/c11-10(12,13)9(15)5-7-2-1-3-8(4-7)6-14/h1-4,9,14-15H,5-6H2. The van der Waals surface area contributed by atoms with Gasteiger partial charge in [0.05, 0.1) is 6.61 Å². The predicted octanol–water partition coefficient (Wildman–Crippen LogP) is 1.64. The molecule has 0 aliphatic rings. The minimum atomic E-state index is -4.60. The van der Waals surface area contributed by atoms with Crippen molar-refractivity contribution >= 4 is 0 Å². The highest BCUT2D eigenvalue weighted by Gasteiger charge is 2.37. The van der Waals surface area contributed by atoms with Crippen LogP contribution in [-0.4, -0.2) is 22.5 Å². The molecule has 0 aliphatic carbocycles. The van der Waals surface area contributed by atoms with E-state index in [9.17, 15) is 13.2 Å². The summed E-state index contributed by atoms with van der Waals surface area (Å²) in [6.07, 6.45) is -7.45. The van der Waals surface area contributed by atoms with Crippen LogP contribution < -0.4 is 0 Å². The Morgan fingerprint density at radius 1 is 1.20 bits per heavy atom. The van der Waals surface area contributed by atoms with Crippen molar-refractivity contribution in [1.82, 2.24) is 0 Å². The van der Waals surface area contributed by atoms with E-state index in [1.807, 2.05) is 0 Å². The molecule has 0 aliphatic heterocycles. The zero-order valence-electron chi connectivity index (χ0n) is 7.83. The molecular formula is C10H11F3O2.